The molecule has 7 N–H and O–H groups in total. The molecule has 0 spiro atoms. The Morgan fingerprint density at radius 3 is 1.64 bits per heavy atom. The molecule has 270 valence electrons. The van der Waals surface area contributed by atoms with Crippen molar-refractivity contribution in [3.63, 3.8) is 0 Å². The molecule has 2 aromatic carbocycles. The van der Waals surface area contributed by atoms with Crippen LogP contribution in [0.1, 0.15) is 80.3 Å². The number of nitrogens with zero attached hydrogens (tertiary/aromatic N) is 4. The van der Waals surface area contributed by atoms with Gasteiger partial charge in [-0.2, -0.15) is 0 Å². The normalized spacial score (nSPS) is 14.6. The monoisotopic (exact) mass is 686 g/mol. The molecule has 2 aromatic heterocycles. The Hall–Kier alpha value is -4.36. The molecule has 12 heteroatoms. The molecule has 1 atom stereocenters. The van der Waals surface area contributed by atoms with E-state index < -0.39 is 5.91 Å². The zero-order chi connectivity index (χ0) is 36.5. The van der Waals surface area contributed by atoms with Crippen molar-refractivity contribution in [2.24, 2.45) is 16.6 Å². The van der Waals surface area contributed by atoms with Gasteiger partial charge in [-0.1, -0.05) is 102 Å². The maximum atomic E-state index is 12.9. The fraction of sp³-hybridized carbons (Fsp3) is 0.474. The Bertz CT molecular complexity index is 1700. The quantitative estimate of drug-likeness (QED) is 0.170. The van der Waals surface area contributed by atoms with Crippen molar-refractivity contribution in [3.8, 4) is 22.8 Å². The molecule has 2 amide bonds. The standard InChI is InChI=1S/C19H26N4O2.C13H14N4O.C6H14O/c1-19(2,3)15(12-24)21-18(25)16-14-11-20-9-10-23(14)17(22-16)13-7-5-4-6-8-13;14-12(18)11-10-8-15-6-7-17(10)13(16-11)9-4-2-1-3-5-9;1-6(2,3)4-5-7/h4-8,15,20,24H,9-12H2,1-3H3,(H,21,25);1-5,15H,6-8H2,(H2,14,18);7H,4-5H2,1-3H3/t15-;;/m0../s1. The first-order valence-electron chi connectivity index (χ1n) is 17.3. The van der Waals surface area contributed by atoms with Crippen LogP contribution in [0.25, 0.3) is 22.8 Å². The summed E-state index contributed by atoms with van der Waals surface area (Å²) in [5.74, 6) is 0.938. The summed E-state index contributed by atoms with van der Waals surface area (Å²) in [6, 6.07) is 19.5. The molecular formula is C38H54N8O4. The van der Waals surface area contributed by atoms with Crippen LogP contribution in [-0.4, -0.2) is 73.5 Å². The van der Waals surface area contributed by atoms with Crippen LogP contribution in [0.2, 0.25) is 0 Å². The topological polar surface area (TPSA) is 172 Å². The van der Waals surface area contributed by atoms with Crippen LogP contribution in [0.5, 0.6) is 0 Å². The minimum absolute atomic E-state index is 0.102. The van der Waals surface area contributed by atoms with E-state index in [1.54, 1.807) is 0 Å². The van der Waals surface area contributed by atoms with Gasteiger partial charge in [0.1, 0.15) is 11.6 Å². The highest BCUT2D eigenvalue weighted by Crippen LogP contribution is 2.26. The Morgan fingerprint density at radius 2 is 1.26 bits per heavy atom. The average molecular weight is 687 g/mol. The van der Waals surface area contributed by atoms with Crippen LogP contribution in [-0.2, 0) is 26.2 Å². The molecule has 4 aromatic rings. The van der Waals surface area contributed by atoms with Gasteiger partial charge in [-0.25, -0.2) is 9.97 Å². The predicted molar refractivity (Wildman–Crippen MR) is 196 cm³/mol. The molecule has 6 rings (SSSR count). The van der Waals surface area contributed by atoms with E-state index in [4.69, 9.17) is 10.8 Å². The highest BCUT2D eigenvalue weighted by atomic mass is 16.3. The number of hydrogen-bond acceptors (Lipinski definition) is 8. The van der Waals surface area contributed by atoms with Gasteiger partial charge < -0.3 is 41.0 Å². The maximum absolute atomic E-state index is 12.9. The highest BCUT2D eigenvalue weighted by Gasteiger charge is 2.30. The van der Waals surface area contributed by atoms with Gasteiger partial charge >= 0.3 is 0 Å². The van der Waals surface area contributed by atoms with Crippen molar-refractivity contribution in [2.45, 2.75) is 80.2 Å². The molecule has 2 aliphatic rings. The van der Waals surface area contributed by atoms with Crippen LogP contribution < -0.4 is 21.7 Å². The molecule has 2 aliphatic heterocycles. The molecule has 0 radical (unpaired) electrons. The number of nitrogens with two attached hydrogens (primary N) is 1. The zero-order valence-corrected chi connectivity index (χ0v) is 30.3. The average Bonchev–Trinajstić information content (AvgIpc) is 3.67. The van der Waals surface area contributed by atoms with E-state index in [2.05, 4.69) is 55.8 Å². The van der Waals surface area contributed by atoms with Crippen LogP contribution in [0.15, 0.2) is 60.7 Å². The number of hydrogen-bond donors (Lipinski definition) is 6. The first-order valence-corrected chi connectivity index (χ1v) is 17.3. The summed E-state index contributed by atoms with van der Waals surface area (Å²) < 4.78 is 4.19. The van der Waals surface area contributed by atoms with E-state index >= 15 is 0 Å². The Labute approximate surface area is 295 Å². The third-order valence-corrected chi connectivity index (χ3v) is 8.66. The fourth-order valence-electron chi connectivity index (χ4n) is 5.70. The lowest BCUT2D eigenvalue weighted by Gasteiger charge is -2.29. The van der Waals surface area contributed by atoms with E-state index in [9.17, 15) is 14.7 Å². The van der Waals surface area contributed by atoms with Crippen molar-refractivity contribution in [1.82, 2.24) is 35.1 Å². The van der Waals surface area contributed by atoms with Crippen molar-refractivity contribution >= 4 is 11.8 Å². The smallest absolute Gasteiger partial charge is 0.272 e. The van der Waals surface area contributed by atoms with Gasteiger partial charge in [-0.15, -0.1) is 0 Å². The number of aliphatic hydroxyl groups is 2. The molecular weight excluding hydrogens is 632 g/mol. The number of carbonyl (C=O) groups excluding carboxylic acids is 2. The van der Waals surface area contributed by atoms with Crippen LogP contribution in [0.4, 0.5) is 0 Å². The van der Waals surface area contributed by atoms with E-state index in [0.29, 0.717) is 36.5 Å². The number of carbonyl (C=O) groups is 2. The van der Waals surface area contributed by atoms with Gasteiger partial charge in [0.15, 0.2) is 11.4 Å². The van der Waals surface area contributed by atoms with Gasteiger partial charge in [0.25, 0.3) is 11.8 Å². The van der Waals surface area contributed by atoms with Gasteiger partial charge in [-0.3, -0.25) is 9.59 Å². The van der Waals surface area contributed by atoms with Crippen LogP contribution in [0, 0.1) is 10.8 Å². The third kappa shape index (κ3) is 9.87. The lowest BCUT2D eigenvalue weighted by Crippen LogP contribution is -2.46. The molecule has 0 saturated carbocycles. The number of aliphatic hydroxyl groups excluding tert-OH is 2. The van der Waals surface area contributed by atoms with E-state index in [1.807, 2.05) is 81.4 Å². The summed E-state index contributed by atoms with van der Waals surface area (Å²) in [4.78, 5) is 33.4. The predicted octanol–water partition coefficient (Wildman–Crippen LogP) is 3.96. The molecule has 0 bridgehead atoms. The maximum Gasteiger partial charge on any atom is 0.272 e. The molecule has 12 nitrogen and oxygen atoms in total. The lowest BCUT2D eigenvalue weighted by molar-refractivity contribution is 0.0841. The van der Waals surface area contributed by atoms with E-state index in [0.717, 1.165) is 66.8 Å². The number of fused-ring (bicyclic) bond motifs is 2. The summed E-state index contributed by atoms with van der Waals surface area (Å²) in [6.07, 6.45) is 0.896. The Balaban J connectivity index is 0.000000196. The Morgan fingerprint density at radius 1 is 0.800 bits per heavy atom. The van der Waals surface area contributed by atoms with Gasteiger partial charge in [0.05, 0.1) is 24.0 Å². The van der Waals surface area contributed by atoms with Crippen molar-refractivity contribution < 1.29 is 19.8 Å². The molecule has 4 heterocycles. The zero-order valence-electron chi connectivity index (χ0n) is 30.3. The Kier molecular flexibility index (Phi) is 13.1. The largest absolute Gasteiger partial charge is 0.396 e. The minimum Gasteiger partial charge on any atom is -0.396 e. The van der Waals surface area contributed by atoms with Gasteiger partial charge in [0.2, 0.25) is 0 Å². The number of aromatic nitrogens is 4. The van der Waals surface area contributed by atoms with Gasteiger partial charge in [0, 0.05) is 57.0 Å². The molecule has 50 heavy (non-hydrogen) atoms. The fourth-order valence-corrected chi connectivity index (χ4v) is 5.70. The van der Waals surface area contributed by atoms with Crippen molar-refractivity contribution in [1.29, 1.82) is 0 Å². The van der Waals surface area contributed by atoms with Crippen molar-refractivity contribution in [2.75, 3.05) is 26.3 Å². The van der Waals surface area contributed by atoms with Crippen LogP contribution in [0.3, 0.4) is 0 Å². The van der Waals surface area contributed by atoms with E-state index in [-0.39, 0.29) is 24.0 Å². The number of imidazole rings is 2. The van der Waals surface area contributed by atoms with Gasteiger partial charge in [-0.05, 0) is 17.3 Å². The second-order valence-electron chi connectivity index (χ2n) is 14.8. The second kappa shape index (κ2) is 17.0. The number of rotatable bonds is 7. The molecule has 0 aliphatic carbocycles. The first kappa shape index (κ1) is 38.4. The molecule has 0 unspecified atom stereocenters. The summed E-state index contributed by atoms with van der Waals surface area (Å²) >= 11 is 0. The lowest BCUT2D eigenvalue weighted by atomic mass is 9.87. The highest BCUT2D eigenvalue weighted by molar-refractivity contribution is 5.94. The number of amides is 2. The van der Waals surface area contributed by atoms with Crippen LogP contribution >= 0.6 is 0 Å². The summed E-state index contributed by atoms with van der Waals surface area (Å²) in [6.45, 7) is 17.1. The first-order chi connectivity index (χ1) is 23.7. The SMILES string of the molecule is CC(C)(C)CCO.CC(C)(C)[C@H](CO)NC(=O)c1nc(-c2ccccc2)n2c1CNCC2.NC(=O)c1nc(-c2ccccc2)n2c1CNCC2. The summed E-state index contributed by atoms with van der Waals surface area (Å²) in [7, 11) is 0. The third-order valence-electron chi connectivity index (χ3n) is 8.66. The van der Waals surface area contributed by atoms with E-state index in [1.165, 1.54) is 0 Å². The van der Waals surface area contributed by atoms with Crippen molar-refractivity contribution in [3.05, 3.63) is 83.4 Å². The number of primary amides is 1. The summed E-state index contributed by atoms with van der Waals surface area (Å²) in [5, 5.41) is 27.5. The molecule has 0 saturated heterocycles. The second-order valence-corrected chi connectivity index (χ2v) is 14.8. The molecule has 0 fully saturated rings. The summed E-state index contributed by atoms with van der Waals surface area (Å²) in [5.41, 5.74) is 10.1. The minimum atomic E-state index is -0.468. The number of benzene rings is 2. The number of nitrogens with one attached hydrogen (secondary N) is 3.